The molecular weight excluding hydrogens is 262 g/mol. The van der Waals surface area contributed by atoms with Crippen LogP contribution in [-0.4, -0.2) is 13.7 Å². The monoisotopic (exact) mass is 281 g/mol. The van der Waals surface area contributed by atoms with E-state index in [0.717, 1.165) is 24.5 Å². The fourth-order valence-corrected chi connectivity index (χ4v) is 3.57. The standard InChI is InChI=1S/C18H19NO2/c1-20-13-7-8-16-15(11-13)18-14(9-10-21-18)17(19-16)12-5-3-2-4-6-12/h2-8,11,14,17-19H,9-10H2,1H3/t14-,17+,18-/m1/s1. The summed E-state index contributed by atoms with van der Waals surface area (Å²) in [5.74, 6) is 1.37. The van der Waals surface area contributed by atoms with Gasteiger partial charge >= 0.3 is 0 Å². The van der Waals surface area contributed by atoms with E-state index >= 15 is 0 Å². The van der Waals surface area contributed by atoms with Crippen molar-refractivity contribution in [2.75, 3.05) is 19.0 Å². The fourth-order valence-electron chi connectivity index (χ4n) is 3.57. The lowest BCUT2D eigenvalue weighted by molar-refractivity contribution is 0.0827. The van der Waals surface area contributed by atoms with Crippen molar-refractivity contribution >= 4 is 5.69 Å². The van der Waals surface area contributed by atoms with E-state index in [9.17, 15) is 0 Å². The highest BCUT2D eigenvalue weighted by atomic mass is 16.5. The molecule has 0 unspecified atom stereocenters. The smallest absolute Gasteiger partial charge is 0.119 e. The molecule has 2 aromatic rings. The van der Waals surface area contributed by atoms with Crippen LogP contribution in [0.4, 0.5) is 5.69 Å². The van der Waals surface area contributed by atoms with Crippen molar-refractivity contribution in [2.45, 2.75) is 18.6 Å². The molecule has 0 bridgehead atoms. The third-order valence-corrected chi connectivity index (χ3v) is 4.60. The molecule has 0 radical (unpaired) electrons. The van der Waals surface area contributed by atoms with Gasteiger partial charge in [0.1, 0.15) is 5.75 Å². The van der Waals surface area contributed by atoms with E-state index in [-0.39, 0.29) is 6.10 Å². The normalized spacial score (nSPS) is 26.6. The number of hydrogen-bond donors (Lipinski definition) is 1. The van der Waals surface area contributed by atoms with Crippen LogP contribution in [0.2, 0.25) is 0 Å². The molecule has 0 saturated carbocycles. The number of ether oxygens (including phenoxy) is 2. The highest BCUT2D eigenvalue weighted by Gasteiger charge is 2.41. The second kappa shape index (κ2) is 5.08. The Labute approximate surface area is 124 Å². The molecule has 108 valence electrons. The Morgan fingerprint density at radius 2 is 2.00 bits per heavy atom. The van der Waals surface area contributed by atoms with Crippen LogP contribution in [-0.2, 0) is 4.74 Å². The van der Waals surface area contributed by atoms with Gasteiger partial charge in [0.25, 0.3) is 0 Å². The number of hydrogen-bond acceptors (Lipinski definition) is 3. The molecule has 1 saturated heterocycles. The minimum atomic E-state index is 0.168. The quantitative estimate of drug-likeness (QED) is 0.904. The van der Waals surface area contributed by atoms with E-state index in [1.807, 2.05) is 6.07 Å². The molecule has 0 amide bonds. The van der Waals surface area contributed by atoms with Crippen molar-refractivity contribution in [1.82, 2.24) is 0 Å². The average Bonchev–Trinajstić information content (AvgIpc) is 3.04. The van der Waals surface area contributed by atoms with E-state index in [1.54, 1.807) is 7.11 Å². The van der Waals surface area contributed by atoms with Gasteiger partial charge in [-0.25, -0.2) is 0 Å². The van der Waals surface area contributed by atoms with E-state index in [4.69, 9.17) is 9.47 Å². The van der Waals surface area contributed by atoms with Gasteiger partial charge in [0.05, 0.1) is 19.3 Å². The molecule has 1 N–H and O–H groups in total. The molecule has 3 heteroatoms. The van der Waals surface area contributed by atoms with Crippen LogP contribution < -0.4 is 10.1 Å². The van der Waals surface area contributed by atoms with Gasteiger partial charge in [-0.2, -0.15) is 0 Å². The summed E-state index contributed by atoms with van der Waals surface area (Å²) in [7, 11) is 1.71. The summed E-state index contributed by atoms with van der Waals surface area (Å²) in [6, 6.07) is 17.2. The molecule has 3 atom stereocenters. The van der Waals surface area contributed by atoms with Crippen molar-refractivity contribution in [1.29, 1.82) is 0 Å². The van der Waals surface area contributed by atoms with E-state index in [0.29, 0.717) is 12.0 Å². The van der Waals surface area contributed by atoms with Crippen LogP contribution in [0.1, 0.15) is 29.7 Å². The van der Waals surface area contributed by atoms with Crippen molar-refractivity contribution in [3.63, 3.8) is 0 Å². The molecule has 2 aliphatic heterocycles. The zero-order valence-electron chi connectivity index (χ0n) is 12.1. The number of anilines is 1. The van der Waals surface area contributed by atoms with E-state index in [2.05, 4.69) is 47.8 Å². The summed E-state index contributed by atoms with van der Waals surface area (Å²) in [5.41, 5.74) is 3.72. The summed E-state index contributed by atoms with van der Waals surface area (Å²) in [6.07, 6.45) is 1.26. The zero-order chi connectivity index (χ0) is 14.2. The first-order valence-electron chi connectivity index (χ1n) is 7.48. The second-order valence-electron chi connectivity index (χ2n) is 5.73. The molecule has 0 aromatic heterocycles. The Morgan fingerprint density at radius 1 is 1.14 bits per heavy atom. The Bertz CT molecular complexity index is 641. The molecule has 0 spiro atoms. The number of benzene rings is 2. The third kappa shape index (κ3) is 2.09. The lowest BCUT2D eigenvalue weighted by atomic mass is 9.81. The van der Waals surface area contributed by atoms with Gasteiger partial charge in [0.2, 0.25) is 0 Å². The number of methoxy groups -OCH3 is 1. The number of fused-ring (bicyclic) bond motifs is 3. The first-order chi connectivity index (χ1) is 10.4. The van der Waals surface area contributed by atoms with E-state index < -0.39 is 0 Å². The lowest BCUT2D eigenvalue weighted by Gasteiger charge is -2.36. The van der Waals surface area contributed by atoms with Gasteiger partial charge in [0, 0.05) is 23.8 Å². The zero-order valence-corrected chi connectivity index (χ0v) is 12.1. The Morgan fingerprint density at radius 3 is 2.81 bits per heavy atom. The fraction of sp³-hybridized carbons (Fsp3) is 0.333. The van der Waals surface area contributed by atoms with Crippen LogP contribution >= 0.6 is 0 Å². The molecule has 4 rings (SSSR count). The molecule has 0 aliphatic carbocycles. The topological polar surface area (TPSA) is 30.5 Å². The molecule has 3 nitrogen and oxygen atoms in total. The van der Waals surface area contributed by atoms with Crippen molar-refractivity contribution in [3.05, 3.63) is 59.7 Å². The van der Waals surface area contributed by atoms with Gasteiger partial charge in [-0.3, -0.25) is 0 Å². The molecular formula is C18H19NO2. The largest absolute Gasteiger partial charge is 0.497 e. The van der Waals surface area contributed by atoms with E-state index in [1.165, 1.54) is 11.1 Å². The van der Waals surface area contributed by atoms with Gasteiger partial charge < -0.3 is 14.8 Å². The maximum Gasteiger partial charge on any atom is 0.119 e. The second-order valence-corrected chi connectivity index (χ2v) is 5.73. The predicted octanol–water partition coefficient (Wildman–Crippen LogP) is 3.94. The summed E-state index contributed by atoms with van der Waals surface area (Å²) in [4.78, 5) is 0. The molecule has 21 heavy (non-hydrogen) atoms. The average molecular weight is 281 g/mol. The molecule has 2 aliphatic rings. The van der Waals surface area contributed by atoms with Gasteiger partial charge in [-0.05, 0) is 30.2 Å². The Kier molecular flexibility index (Phi) is 3.08. The first kappa shape index (κ1) is 12.7. The number of nitrogens with one attached hydrogen (secondary N) is 1. The SMILES string of the molecule is COc1ccc2c(c1)[C@@H]1OCC[C@@H]1[C@H](c1ccccc1)N2. The van der Waals surface area contributed by atoms with Crippen molar-refractivity contribution < 1.29 is 9.47 Å². The minimum absolute atomic E-state index is 0.168. The van der Waals surface area contributed by atoms with Crippen LogP contribution in [0.15, 0.2) is 48.5 Å². The van der Waals surface area contributed by atoms with Gasteiger partial charge in [0.15, 0.2) is 0 Å². The summed E-state index contributed by atoms with van der Waals surface area (Å²) >= 11 is 0. The van der Waals surface area contributed by atoms with Gasteiger partial charge in [-0.1, -0.05) is 30.3 Å². The van der Waals surface area contributed by atoms with Crippen LogP contribution in [0, 0.1) is 5.92 Å². The highest BCUT2D eigenvalue weighted by Crippen LogP contribution is 2.50. The Hall–Kier alpha value is -2.00. The minimum Gasteiger partial charge on any atom is -0.497 e. The van der Waals surface area contributed by atoms with Crippen molar-refractivity contribution in [2.24, 2.45) is 5.92 Å². The van der Waals surface area contributed by atoms with Crippen molar-refractivity contribution in [3.8, 4) is 5.75 Å². The third-order valence-electron chi connectivity index (χ3n) is 4.60. The molecule has 2 heterocycles. The number of rotatable bonds is 2. The summed E-state index contributed by atoms with van der Waals surface area (Å²) < 4.78 is 11.4. The Balaban J connectivity index is 1.77. The highest BCUT2D eigenvalue weighted by molar-refractivity contribution is 5.59. The maximum absolute atomic E-state index is 6.04. The summed E-state index contributed by atoms with van der Waals surface area (Å²) in [5, 5.41) is 3.70. The summed E-state index contributed by atoms with van der Waals surface area (Å²) in [6.45, 7) is 0.830. The predicted molar refractivity (Wildman–Crippen MR) is 82.6 cm³/mol. The van der Waals surface area contributed by atoms with Crippen LogP contribution in [0.5, 0.6) is 5.75 Å². The maximum atomic E-state index is 6.04. The first-order valence-corrected chi connectivity index (χ1v) is 7.48. The molecule has 2 aromatic carbocycles. The van der Waals surface area contributed by atoms with Gasteiger partial charge in [-0.15, -0.1) is 0 Å². The lowest BCUT2D eigenvalue weighted by Crippen LogP contribution is -2.29. The van der Waals surface area contributed by atoms with Crippen LogP contribution in [0.3, 0.4) is 0 Å². The van der Waals surface area contributed by atoms with Crippen LogP contribution in [0.25, 0.3) is 0 Å². The molecule has 1 fully saturated rings.